The van der Waals surface area contributed by atoms with Crippen molar-refractivity contribution in [2.24, 2.45) is 0 Å². The lowest BCUT2D eigenvalue weighted by Crippen LogP contribution is -2.45. The number of hydrogen-bond donors (Lipinski definition) is 1. The first kappa shape index (κ1) is 25.6. The van der Waals surface area contributed by atoms with Gasteiger partial charge in [0.1, 0.15) is 12.4 Å². The second-order valence-corrected chi connectivity index (χ2v) is 6.80. The first-order valence-electron chi connectivity index (χ1n) is 9.29. The van der Waals surface area contributed by atoms with E-state index in [2.05, 4.69) is 10.2 Å². The van der Waals surface area contributed by atoms with Gasteiger partial charge in [0.25, 0.3) is 0 Å². The Morgan fingerprint density at radius 2 is 1.55 bits per heavy atom. The Morgan fingerprint density at radius 3 is 2.14 bits per heavy atom. The molecule has 1 fully saturated rings. The van der Waals surface area contributed by atoms with Crippen molar-refractivity contribution in [2.45, 2.75) is 31.7 Å². The molecule has 1 N–H and O–H groups in total. The molecular formula is C21H27Cl2F3N2O. The van der Waals surface area contributed by atoms with E-state index in [0.29, 0.717) is 6.61 Å². The highest BCUT2D eigenvalue weighted by molar-refractivity contribution is 5.85. The van der Waals surface area contributed by atoms with E-state index in [1.807, 2.05) is 54.6 Å². The molecule has 2 aromatic carbocycles. The maximum absolute atomic E-state index is 12.8. The highest BCUT2D eigenvalue weighted by Gasteiger charge is 2.31. The number of nitrogens with one attached hydrogen (secondary N) is 1. The fourth-order valence-corrected chi connectivity index (χ4v) is 3.38. The first-order chi connectivity index (χ1) is 13.0. The molecule has 0 unspecified atom stereocenters. The van der Waals surface area contributed by atoms with E-state index in [4.69, 9.17) is 4.74 Å². The summed E-state index contributed by atoms with van der Waals surface area (Å²) < 4.78 is 44.1. The Balaban J connectivity index is 0.00000210. The van der Waals surface area contributed by atoms with Crippen molar-refractivity contribution in [2.75, 3.05) is 26.2 Å². The minimum absolute atomic E-state index is 0. The minimum atomic E-state index is -4.13. The maximum Gasteiger partial charge on any atom is 0.389 e. The van der Waals surface area contributed by atoms with Crippen LogP contribution in [0.3, 0.4) is 0 Å². The summed E-state index contributed by atoms with van der Waals surface area (Å²) in [5.41, 5.74) is 1.98. The Morgan fingerprint density at radius 1 is 0.931 bits per heavy atom. The van der Waals surface area contributed by atoms with Gasteiger partial charge in [0.15, 0.2) is 0 Å². The zero-order valence-electron chi connectivity index (χ0n) is 16.0. The Bertz CT molecular complexity index is 693. The van der Waals surface area contributed by atoms with Crippen LogP contribution in [0, 0.1) is 0 Å². The average Bonchev–Trinajstić information content (AvgIpc) is 2.68. The van der Waals surface area contributed by atoms with Gasteiger partial charge in [-0.05, 0) is 29.7 Å². The quantitative estimate of drug-likeness (QED) is 0.611. The predicted octanol–water partition coefficient (Wildman–Crippen LogP) is 5.40. The topological polar surface area (TPSA) is 24.5 Å². The van der Waals surface area contributed by atoms with E-state index in [1.165, 1.54) is 0 Å². The van der Waals surface area contributed by atoms with Crippen LogP contribution < -0.4 is 10.1 Å². The van der Waals surface area contributed by atoms with E-state index in [1.54, 1.807) is 0 Å². The number of alkyl halides is 3. The third-order valence-corrected chi connectivity index (χ3v) is 4.81. The SMILES string of the molecule is Cl.Cl.FC(F)(F)CC[C@@H](c1ccc(OCc2ccccc2)cc1)N1CCNCC1. The Labute approximate surface area is 182 Å². The molecule has 0 spiro atoms. The molecule has 1 aliphatic heterocycles. The van der Waals surface area contributed by atoms with Crippen molar-refractivity contribution < 1.29 is 17.9 Å². The molecule has 0 radical (unpaired) electrons. The van der Waals surface area contributed by atoms with Crippen molar-refractivity contribution in [3.05, 3.63) is 65.7 Å². The molecule has 0 aliphatic carbocycles. The molecule has 1 atom stereocenters. The van der Waals surface area contributed by atoms with Gasteiger partial charge in [-0.25, -0.2) is 0 Å². The second kappa shape index (κ2) is 12.3. The van der Waals surface area contributed by atoms with E-state index >= 15 is 0 Å². The van der Waals surface area contributed by atoms with Crippen LogP contribution in [-0.2, 0) is 6.61 Å². The van der Waals surface area contributed by atoms with Gasteiger partial charge in [0.2, 0.25) is 0 Å². The fourth-order valence-electron chi connectivity index (χ4n) is 3.38. The minimum Gasteiger partial charge on any atom is -0.489 e. The molecule has 2 aromatic rings. The van der Waals surface area contributed by atoms with Crippen LogP contribution in [0.2, 0.25) is 0 Å². The molecule has 162 valence electrons. The van der Waals surface area contributed by atoms with Gasteiger partial charge in [-0.15, -0.1) is 24.8 Å². The molecule has 1 aliphatic rings. The predicted molar refractivity (Wildman–Crippen MR) is 114 cm³/mol. The zero-order chi connectivity index (χ0) is 19.1. The summed E-state index contributed by atoms with van der Waals surface area (Å²) in [6.45, 7) is 3.60. The van der Waals surface area contributed by atoms with Crippen LogP contribution in [0.4, 0.5) is 13.2 Å². The van der Waals surface area contributed by atoms with Gasteiger partial charge in [0, 0.05) is 38.6 Å². The lowest BCUT2D eigenvalue weighted by molar-refractivity contribution is -0.138. The summed E-state index contributed by atoms with van der Waals surface area (Å²) in [7, 11) is 0. The number of nitrogens with zero attached hydrogens (tertiary/aromatic N) is 1. The molecule has 0 aromatic heterocycles. The molecule has 8 heteroatoms. The largest absolute Gasteiger partial charge is 0.489 e. The highest BCUT2D eigenvalue weighted by Crippen LogP contribution is 2.32. The summed E-state index contributed by atoms with van der Waals surface area (Å²) in [4.78, 5) is 2.14. The molecule has 0 saturated carbocycles. The lowest BCUT2D eigenvalue weighted by atomic mass is 9.99. The molecular weight excluding hydrogens is 424 g/mol. The van der Waals surface area contributed by atoms with Crippen LogP contribution in [-0.4, -0.2) is 37.3 Å². The summed E-state index contributed by atoms with van der Waals surface area (Å²) in [5, 5.41) is 3.25. The number of halogens is 5. The number of piperazine rings is 1. The van der Waals surface area contributed by atoms with E-state index < -0.39 is 12.6 Å². The normalized spacial score (nSPS) is 15.7. The summed E-state index contributed by atoms with van der Waals surface area (Å²) in [6, 6.07) is 17.1. The molecule has 1 saturated heterocycles. The van der Waals surface area contributed by atoms with E-state index in [9.17, 15) is 13.2 Å². The van der Waals surface area contributed by atoms with Crippen molar-refractivity contribution in [1.82, 2.24) is 10.2 Å². The third kappa shape index (κ3) is 8.42. The van der Waals surface area contributed by atoms with Gasteiger partial charge in [0.05, 0.1) is 0 Å². The number of hydrogen-bond acceptors (Lipinski definition) is 3. The molecule has 1 heterocycles. The van der Waals surface area contributed by atoms with Crippen molar-refractivity contribution >= 4 is 24.8 Å². The van der Waals surface area contributed by atoms with Crippen LogP contribution in [0.5, 0.6) is 5.75 Å². The van der Waals surface area contributed by atoms with E-state index in [-0.39, 0.29) is 37.3 Å². The van der Waals surface area contributed by atoms with Crippen molar-refractivity contribution in [1.29, 1.82) is 0 Å². The van der Waals surface area contributed by atoms with Gasteiger partial charge in [-0.3, -0.25) is 4.90 Å². The highest BCUT2D eigenvalue weighted by atomic mass is 35.5. The molecule has 0 amide bonds. The van der Waals surface area contributed by atoms with Gasteiger partial charge < -0.3 is 10.1 Å². The number of rotatable bonds is 7. The summed E-state index contributed by atoms with van der Waals surface area (Å²) in [6.07, 6.45) is -4.83. The average molecular weight is 451 g/mol. The monoisotopic (exact) mass is 450 g/mol. The standard InChI is InChI=1S/C21H25F3N2O.2ClH/c22-21(23,24)11-10-20(26-14-12-25-13-15-26)18-6-8-19(9-7-18)27-16-17-4-2-1-3-5-17;;/h1-9,20,25H,10-16H2;2*1H/t20-;;/m0../s1. The maximum atomic E-state index is 12.8. The van der Waals surface area contributed by atoms with Gasteiger partial charge >= 0.3 is 6.18 Å². The van der Waals surface area contributed by atoms with Crippen LogP contribution in [0.1, 0.15) is 30.0 Å². The third-order valence-electron chi connectivity index (χ3n) is 4.81. The number of benzene rings is 2. The zero-order valence-corrected chi connectivity index (χ0v) is 17.7. The molecule has 3 rings (SSSR count). The van der Waals surface area contributed by atoms with Gasteiger partial charge in [-0.2, -0.15) is 13.2 Å². The van der Waals surface area contributed by atoms with E-state index in [0.717, 1.165) is 43.1 Å². The second-order valence-electron chi connectivity index (χ2n) is 6.80. The summed E-state index contributed by atoms with van der Waals surface area (Å²) >= 11 is 0. The van der Waals surface area contributed by atoms with Crippen LogP contribution in [0.25, 0.3) is 0 Å². The smallest absolute Gasteiger partial charge is 0.389 e. The molecule has 0 bridgehead atoms. The number of ether oxygens (including phenoxy) is 1. The van der Waals surface area contributed by atoms with Crippen molar-refractivity contribution in [3.63, 3.8) is 0 Å². The molecule has 3 nitrogen and oxygen atoms in total. The van der Waals surface area contributed by atoms with Crippen molar-refractivity contribution in [3.8, 4) is 5.75 Å². The summed E-state index contributed by atoms with van der Waals surface area (Å²) in [5.74, 6) is 0.720. The Hall–Kier alpha value is -1.47. The fraction of sp³-hybridized carbons (Fsp3) is 0.429. The Kier molecular flexibility index (Phi) is 10.8. The first-order valence-corrected chi connectivity index (χ1v) is 9.29. The van der Waals surface area contributed by atoms with Crippen LogP contribution >= 0.6 is 24.8 Å². The van der Waals surface area contributed by atoms with Gasteiger partial charge in [-0.1, -0.05) is 42.5 Å². The van der Waals surface area contributed by atoms with Crippen LogP contribution in [0.15, 0.2) is 54.6 Å². The lowest BCUT2D eigenvalue weighted by Gasteiger charge is -2.35. The molecule has 29 heavy (non-hydrogen) atoms.